The Morgan fingerprint density at radius 3 is 2.07 bits per heavy atom. The lowest BCUT2D eigenvalue weighted by molar-refractivity contribution is -0.305. The van der Waals surface area contributed by atoms with Gasteiger partial charge >= 0.3 is 0 Å². The van der Waals surface area contributed by atoms with Crippen LogP contribution in [0.4, 0.5) is 0 Å². The Morgan fingerprint density at radius 2 is 1.64 bits per heavy atom. The molecule has 74 valence electrons. The molecule has 1 aromatic carbocycles. The van der Waals surface area contributed by atoms with E-state index in [1.807, 2.05) is 0 Å². The number of carbonyl (C=O) groups excluding carboxylic acids is 2. The molecule has 4 heteroatoms. The van der Waals surface area contributed by atoms with Crippen molar-refractivity contribution >= 4 is 11.9 Å². The first kappa shape index (κ1) is 10.2. The average Bonchev–Trinajstić information content (AvgIpc) is 2.15. The molecule has 0 heterocycles. The standard InChI is InChI=1S/C10H10O4/c11-9(12)6-3-7-1-4-8(5-2-7)10(13)14/h1-2,4-5H,3,6H2,(H,11,12)(H,13,14)/p-2. The van der Waals surface area contributed by atoms with Crippen LogP contribution in [0, 0.1) is 0 Å². The van der Waals surface area contributed by atoms with Crippen molar-refractivity contribution in [1.29, 1.82) is 0 Å². The third-order valence-corrected chi connectivity index (χ3v) is 1.81. The molecular formula is C10H8O4-2. The zero-order valence-corrected chi connectivity index (χ0v) is 7.36. The molecule has 0 aliphatic heterocycles. The Bertz CT molecular complexity index is 340. The first-order valence-corrected chi connectivity index (χ1v) is 4.09. The highest BCUT2D eigenvalue weighted by Crippen LogP contribution is 2.05. The Morgan fingerprint density at radius 1 is 1.07 bits per heavy atom. The van der Waals surface area contributed by atoms with Gasteiger partial charge in [0.2, 0.25) is 0 Å². The smallest absolute Gasteiger partial charge is 0.0715 e. The Kier molecular flexibility index (Phi) is 3.23. The molecule has 0 aromatic heterocycles. The summed E-state index contributed by atoms with van der Waals surface area (Å²) in [5.41, 5.74) is 0.849. The minimum atomic E-state index is -1.24. The number of aryl methyl sites for hydroxylation is 1. The van der Waals surface area contributed by atoms with Crippen LogP contribution >= 0.6 is 0 Å². The van der Waals surface area contributed by atoms with Crippen molar-refractivity contribution in [2.75, 3.05) is 0 Å². The molecule has 0 radical (unpaired) electrons. The van der Waals surface area contributed by atoms with Crippen LogP contribution in [0.1, 0.15) is 22.3 Å². The van der Waals surface area contributed by atoms with Crippen molar-refractivity contribution in [3.63, 3.8) is 0 Å². The van der Waals surface area contributed by atoms with Crippen LogP contribution in [0.3, 0.4) is 0 Å². The summed E-state index contributed by atoms with van der Waals surface area (Å²) in [7, 11) is 0. The largest absolute Gasteiger partial charge is 0.550 e. The van der Waals surface area contributed by atoms with E-state index in [9.17, 15) is 19.8 Å². The van der Waals surface area contributed by atoms with Gasteiger partial charge in [-0.25, -0.2) is 0 Å². The molecule has 0 aliphatic carbocycles. The topological polar surface area (TPSA) is 80.3 Å². The average molecular weight is 192 g/mol. The highest BCUT2D eigenvalue weighted by atomic mass is 16.4. The van der Waals surface area contributed by atoms with Gasteiger partial charge in [-0.05, 0) is 24.0 Å². The minimum Gasteiger partial charge on any atom is -0.550 e. The Hall–Kier alpha value is -1.84. The van der Waals surface area contributed by atoms with Gasteiger partial charge in [0.15, 0.2) is 0 Å². The monoisotopic (exact) mass is 192 g/mol. The highest BCUT2D eigenvalue weighted by molar-refractivity contribution is 5.85. The SMILES string of the molecule is O=C([O-])CCc1ccc(C(=O)[O-])cc1. The maximum atomic E-state index is 10.4. The number of benzene rings is 1. The molecule has 0 bridgehead atoms. The van der Waals surface area contributed by atoms with Crippen molar-refractivity contribution in [2.24, 2.45) is 0 Å². The Labute approximate surface area is 80.8 Å². The third kappa shape index (κ3) is 2.90. The van der Waals surface area contributed by atoms with Gasteiger partial charge < -0.3 is 19.8 Å². The fourth-order valence-corrected chi connectivity index (χ4v) is 1.05. The van der Waals surface area contributed by atoms with Crippen molar-refractivity contribution in [2.45, 2.75) is 12.8 Å². The van der Waals surface area contributed by atoms with E-state index in [4.69, 9.17) is 0 Å². The molecule has 0 fully saturated rings. The van der Waals surface area contributed by atoms with Gasteiger partial charge in [-0.1, -0.05) is 24.3 Å². The van der Waals surface area contributed by atoms with Gasteiger partial charge in [0, 0.05) is 5.97 Å². The number of aliphatic carboxylic acids is 1. The van der Waals surface area contributed by atoms with Crippen molar-refractivity contribution in [3.8, 4) is 0 Å². The van der Waals surface area contributed by atoms with E-state index in [0.29, 0.717) is 6.42 Å². The number of aromatic carboxylic acids is 1. The maximum Gasteiger partial charge on any atom is 0.0715 e. The van der Waals surface area contributed by atoms with Crippen LogP contribution in [0.5, 0.6) is 0 Å². The molecule has 0 saturated carbocycles. The van der Waals surface area contributed by atoms with Gasteiger partial charge in [0.05, 0.1) is 5.97 Å². The quantitative estimate of drug-likeness (QED) is 0.595. The number of carbonyl (C=O) groups is 2. The highest BCUT2D eigenvalue weighted by Gasteiger charge is 1.95. The van der Waals surface area contributed by atoms with Crippen molar-refractivity contribution in [3.05, 3.63) is 35.4 Å². The molecular weight excluding hydrogens is 184 g/mol. The fourth-order valence-electron chi connectivity index (χ4n) is 1.05. The molecule has 0 saturated heterocycles. The van der Waals surface area contributed by atoms with Crippen molar-refractivity contribution in [1.82, 2.24) is 0 Å². The van der Waals surface area contributed by atoms with Crippen molar-refractivity contribution < 1.29 is 19.8 Å². The molecule has 0 N–H and O–H groups in total. The van der Waals surface area contributed by atoms with E-state index in [2.05, 4.69) is 0 Å². The second kappa shape index (κ2) is 4.41. The summed E-state index contributed by atoms with van der Waals surface area (Å²) < 4.78 is 0. The second-order valence-electron chi connectivity index (χ2n) is 2.86. The van der Waals surface area contributed by atoms with Crippen LogP contribution in [0.2, 0.25) is 0 Å². The Balaban J connectivity index is 2.64. The molecule has 0 aliphatic rings. The lowest BCUT2D eigenvalue weighted by Crippen LogP contribution is -2.23. The summed E-state index contributed by atoms with van der Waals surface area (Å²) in [4.78, 5) is 20.5. The zero-order chi connectivity index (χ0) is 10.6. The predicted octanol–water partition coefficient (Wildman–Crippen LogP) is -1.27. The van der Waals surface area contributed by atoms with Gasteiger partial charge in [0.1, 0.15) is 0 Å². The number of carboxylic acids is 2. The normalized spacial score (nSPS) is 9.71. The van der Waals surface area contributed by atoms with E-state index in [-0.39, 0.29) is 12.0 Å². The van der Waals surface area contributed by atoms with Crippen LogP contribution in [0.15, 0.2) is 24.3 Å². The fraction of sp³-hybridized carbons (Fsp3) is 0.200. The molecule has 4 nitrogen and oxygen atoms in total. The summed E-state index contributed by atoms with van der Waals surface area (Å²) in [6, 6.07) is 5.90. The molecule has 0 unspecified atom stereocenters. The number of carboxylic acid groups (broad SMARTS) is 2. The summed E-state index contributed by atoms with van der Waals surface area (Å²) in [5, 5.41) is 20.5. The second-order valence-corrected chi connectivity index (χ2v) is 2.86. The lowest BCUT2D eigenvalue weighted by atomic mass is 10.1. The zero-order valence-electron chi connectivity index (χ0n) is 7.36. The van der Waals surface area contributed by atoms with Gasteiger partial charge in [-0.3, -0.25) is 0 Å². The summed E-state index contributed by atoms with van der Waals surface area (Å²) in [5.74, 6) is -2.36. The van der Waals surface area contributed by atoms with Crippen LogP contribution in [0.25, 0.3) is 0 Å². The predicted molar refractivity (Wildman–Crippen MR) is 44.1 cm³/mol. The lowest BCUT2D eigenvalue weighted by Gasteiger charge is -2.05. The van der Waals surface area contributed by atoms with Gasteiger partial charge in [0.25, 0.3) is 0 Å². The summed E-state index contributed by atoms with van der Waals surface area (Å²) >= 11 is 0. The summed E-state index contributed by atoms with van der Waals surface area (Å²) in [6.45, 7) is 0. The first-order chi connectivity index (χ1) is 6.59. The third-order valence-electron chi connectivity index (χ3n) is 1.81. The van der Waals surface area contributed by atoms with Gasteiger partial charge in [-0.2, -0.15) is 0 Å². The maximum absolute atomic E-state index is 10.4. The van der Waals surface area contributed by atoms with E-state index < -0.39 is 11.9 Å². The van der Waals surface area contributed by atoms with E-state index in [0.717, 1.165) is 5.56 Å². The molecule has 14 heavy (non-hydrogen) atoms. The molecule has 0 atom stereocenters. The first-order valence-electron chi connectivity index (χ1n) is 4.09. The van der Waals surface area contributed by atoms with Gasteiger partial charge in [-0.15, -0.1) is 0 Å². The number of rotatable bonds is 4. The van der Waals surface area contributed by atoms with Crippen LogP contribution in [-0.2, 0) is 11.2 Å². The molecule has 1 rings (SSSR count). The molecule has 1 aromatic rings. The van der Waals surface area contributed by atoms with Crippen LogP contribution < -0.4 is 10.2 Å². The minimum absolute atomic E-state index is 0.0648. The van der Waals surface area contributed by atoms with E-state index in [1.54, 1.807) is 12.1 Å². The van der Waals surface area contributed by atoms with Crippen LogP contribution in [-0.4, -0.2) is 11.9 Å². The summed E-state index contributed by atoms with van der Waals surface area (Å²) in [6.07, 6.45) is 0.278. The van der Waals surface area contributed by atoms with E-state index in [1.165, 1.54) is 12.1 Å². The molecule has 0 spiro atoms. The number of hydrogen-bond acceptors (Lipinski definition) is 4. The molecule has 0 amide bonds. The van der Waals surface area contributed by atoms with E-state index >= 15 is 0 Å². The number of hydrogen-bond donors (Lipinski definition) is 0.